The molecule has 1 aromatic rings. The van der Waals surface area contributed by atoms with Gasteiger partial charge in [-0.25, -0.2) is 0 Å². The molecule has 2 nitrogen and oxygen atoms in total. The fourth-order valence-electron chi connectivity index (χ4n) is 6.35. The SMILES string of the molecule is COc1c(C2CCCCC2)cc(C)c2c1C(N(C)C)C1CCCCC21.Cl. The summed E-state index contributed by atoms with van der Waals surface area (Å²) in [6.45, 7) is 2.37. The normalized spacial score (nSPS) is 28.4. The first-order chi connectivity index (χ1) is 12.1. The summed E-state index contributed by atoms with van der Waals surface area (Å²) < 4.78 is 6.16. The van der Waals surface area contributed by atoms with Gasteiger partial charge in [0.05, 0.1) is 7.11 Å². The molecule has 3 aliphatic carbocycles. The van der Waals surface area contributed by atoms with Crippen molar-refractivity contribution in [2.45, 2.75) is 82.6 Å². The molecule has 0 saturated heterocycles. The maximum absolute atomic E-state index is 6.16. The summed E-state index contributed by atoms with van der Waals surface area (Å²) in [4.78, 5) is 2.47. The van der Waals surface area contributed by atoms with E-state index in [4.69, 9.17) is 4.74 Å². The van der Waals surface area contributed by atoms with Crippen molar-refractivity contribution in [1.29, 1.82) is 0 Å². The zero-order valence-corrected chi connectivity index (χ0v) is 17.8. The van der Waals surface area contributed by atoms with Crippen molar-refractivity contribution in [1.82, 2.24) is 4.90 Å². The Morgan fingerprint density at radius 2 is 1.58 bits per heavy atom. The van der Waals surface area contributed by atoms with Crippen LogP contribution in [0.25, 0.3) is 0 Å². The topological polar surface area (TPSA) is 12.5 Å². The molecule has 0 heterocycles. The van der Waals surface area contributed by atoms with E-state index in [0.29, 0.717) is 12.0 Å². The molecule has 3 aliphatic rings. The molecule has 146 valence electrons. The van der Waals surface area contributed by atoms with Crippen LogP contribution in [-0.4, -0.2) is 26.1 Å². The molecule has 1 aromatic carbocycles. The van der Waals surface area contributed by atoms with Gasteiger partial charge in [-0.05, 0) is 81.1 Å². The highest BCUT2D eigenvalue weighted by Crippen LogP contribution is 2.59. The standard InChI is InChI=1S/C23H35NO.ClH/c1-15-14-19(16-10-6-5-7-11-16)23(25-4)21-20(15)17-12-8-9-13-18(17)22(21)24(2)3;/h14,16-18,22H,5-13H2,1-4H3;1H. The Kier molecular flexibility index (Phi) is 6.24. The lowest BCUT2D eigenvalue weighted by atomic mass is 9.77. The Morgan fingerprint density at radius 1 is 0.923 bits per heavy atom. The quantitative estimate of drug-likeness (QED) is 0.607. The van der Waals surface area contributed by atoms with Crippen LogP contribution in [0.4, 0.5) is 0 Å². The molecule has 0 aliphatic heterocycles. The van der Waals surface area contributed by atoms with E-state index in [0.717, 1.165) is 11.8 Å². The van der Waals surface area contributed by atoms with Gasteiger partial charge in [-0.15, -0.1) is 12.4 Å². The Balaban J connectivity index is 0.00000196. The van der Waals surface area contributed by atoms with Gasteiger partial charge in [0.25, 0.3) is 0 Å². The number of hydrogen-bond donors (Lipinski definition) is 0. The van der Waals surface area contributed by atoms with Crippen molar-refractivity contribution in [3.63, 3.8) is 0 Å². The molecule has 3 heteroatoms. The predicted molar refractivity (Wildman–Crippen MR) is 112 cm³/mol. The Labute approximate surface area is 166 Å². The lowest BCUT2D eigenvalue weighted by molar-refractivity contribution is 0.171. The lowest BCUT2D eigenvalue weighted by Gasteiger charge is -2.33. The van der Waals surface area contributed by atoms with Crippen molar-refractivity contribution >= 4 is 12.4 Å². The minimum atomic E-state index is 0. The van der Waals surface area contributed by atoms with Crippen LogP contribution in [0.5, 0.6) is 5.75 Å². The Bertz CT molecular complexity index is 636. The fourth-order valence-corrected chi connectivity index (χ4v) is 6.35. The highest BCUT2D eigenvalue weighted by molar-refractivity contribution is 5.85. The third-order valence-corrected chi connectivity index (χ3v) is 7.29. The monoisotopic (exact) mass is 377 g/mol. The van der Waals surface area contributed by atoms with Gasteiger partial charge in [0.2, 0.25) is 0 Å². The smallest absolute Gasteiger partial charge is 0.127 e. The van der Waals surface area contributed by atoms with E-state index >= 15 is 0 Å². The second kappa shape index (κ2) is 8.10. The average molecular weight is 378 g/mol. The van der Waals surface area contributed by atoms with Crippen LogP contribution < -0.4 is 4.74 Å². The summed E-state index contributed by atoms with van der Waals surface area (Å²) in [7, 11) is 6.45. The third kappa shape index (κ3) is 3.18. The van der Waals surface area contributed by atoms with E-state index in [1.54, 1.807) is 11.1 Å². The molecular formula is C23H36ClNO. The number of nitrogens with zero attached hydrogens (tertiary/aromatic N) is 1. The van der Waals surface area contributed by atoms with Gasteiger partial charge in [0, 0.05) is 11.6 Å². The number of benzene rings is 1. The summed E-state index contributed by atoms with van der Waals surface area (Å²) in [6.07, 6.45) is 12.4. The average Bonchev–Trinajstić information content (AvgIpc) is 2.98. The predicted octanol–water partition coefficient (Wildman–Crippen LogP) is 6.36. The van der Waals surface area contributed by atoms with Crippen molar-refractivity contribution in [2.75, 3.05) is 21.2 Å². The molecule has 26 heavy (non-hydrogen) atoms. The van der Waals surface area contributed by atoms with E-state index in [1.165, 1.54) is 74.7 Å². The maximum atomic E-state index is 6.16. The van der Waals surface area contributed by atoms with Gasteiger partial charge < -0.3 is 9.64 Å². The van der Waals surface area contributed by atoms with Crippen molar-refractivity contribution < 1.29 is 4.74 Å². The van der Waals surface area contributed by atoms with Gasteiger partial charge >= 0.3 is 0 Å². The van der Waals surface area contributed by atoms with Gasteiger partial charge in [-0.1, -0.05) is 38.2 Å². The van der Waals surface area contributed by atoms with E-state index in [9.17, 15) is 0 Å². The second-order valence-electron chi connectivity index (χ2n) is 8.94. The van der Waals surface area contributed by atoms with Crippen molar-refractivity contribution in [2.24, 2.45) is 5.92 Å². The third-order valence-electron chi connectivity index (χ3n) is 7.29. The van der Waals surface area contributed by atoms with E-state index in [1.807, 2.05) is 7.11 Å². The van der Waals surface area contributed by atoms with Crippen LogP contribution in [0, 0.1) is 12.8 Å². The van der Waals surface area contributed by atoms with Crippen molar-refractivity contribution in [3.8, 4) is 5.75 Å². The van der Waals surface area contributed by atoms with Crippen LogP contribution in [0.1, 0.15) is 97.9 Å². The zero-order valence-electron chi connectivity index (χ0n) is 17.0. The number of aryl methyl sites for hydroxylation is 1. The number of rotatable bonds is 3. The zero-order chi connectivity index (χ0) is 17.6. The molecule has 0 bridgehead atoms. The summed E-state index contributed by atoms with van der Waals surface area (Å²) in [5.41, 5.74) is 6.27. The van der Waals surface area contributed by atoms with Gasteiger partial charge in [-0.2, -0.15) is 0 Å². The van der Waals surface area contributed by atoms with Gasteiger partial charge in [-0.3, -0.25) is 0 Å². The summed E-state index contributed by atoms with van der Waals surface area (Å²) in [5, 5.41) is 0. The molecule has 0 spiro atoms. The molecule has 4 rings (SSSR count). The number of methoxy groups -OCH3 is 1. The maximum Gasteiger partial charge on any atom is 0.127 e. The number of fused-ring (bicyclic) bond motifs is 3. The summed E-state index contributed by atoms with van der Waals surface area (Å²) >= 11 is 0. The number of hydrogen-bond acceptors (Lipinski definition) is 2. The van der Waals surface area contributed by atoms with Gasteiger partial charge in [0.1, 0.15) is 5.75 Å². The van der Waals surface area contributed by atoms with Crippen LogP contribution in [0.2, 0.25) is 0 Å². The molecular weight excluding hydrogens is 342 g/mol. The molecule has 2 fully saturated rings. The number of ether oxygens (including phenoxy) is 1. The van der Waals surface area contributed by atoms with E-state index < -0.39 is 0 Å². The Hall–Kier alpha value is -0.730. The molecule has 3 unspecified atom stereocenters. The molecule has 0 N–H and O–H groups in total. The highest BCUT2D eigenvalue weighted by atomic mass is 35.5. The van der Waals surface area contributed by atoms with Crippen LogP contribution in [0.15, 0.2) is 6.07 Å². The van der Waals surface area contributed by atoms with E-state index in [-0.39, 0.29) is 12.4 Å². The highest BCUT2D eigenvalue weighted by Gasteiger charge is 2.46. The fraction of sp³-hybridized carbons (Fsp3) is 0.739. The van der Waals surface area contributed by atoms with Crippen LogP contribution in [-0.2, 0) is 0 Å². The number of halogens is 1. The minimum absolute atomic E-state index is 0. The van der Waals surface area contributed by atoms with E-state index in [2.05, 4.69) is 32.0 Å². The first-order valence-electron chi connectivity index (χ1n) is 10.5. The first kappa shape index (κ1) is 20.0. The summed E-state index contributed by atoms with van der Waals surface area (Å²) in [5.74, 6) is 3.50. The molecule has 0 amide bonds. The minimum Gasteiger partial charge on any atom is -0.496 e. The molecule has 0 radical (unpaired) electrons. The first-order valence-corrected chi connectivity index (χ1v) is 10.5. The van der Waals surface area contributed by atoms with Crippen LogP contribution in [0.3, 0.4) is 0 Å². The van der Waals surface area contributed by atoms with Gasteiger partial charge in [0.15, 0.2) is 0 Å². The molecule has 3 atom stereocenters. The van der Waals surface area contributed by atoms with Crippen LogP contribution >= 0.6 is 12.4 Å². The van der Waals surface area contributed by atoms with Crippen molar-refractivity contribution in [3.05, 3.63) is 28.3 Å². The second-order valence-corrected chi connectivity index (χ2v) is 8.94. The molecule has 2 saturated carbocycles. The Morgan fingerprint density at radius 3 is 2.23 bits per heavy atom. The summed E-state index contributed by atoms with van der Waals surface area (Å²) in [6, 6.07) is 3.05. The lowest BCUT2D eigenvalue weighted by Crippen LogP contribution is -2.27. The molecule has 0 aromatic heterocycles. The largest absolute Gasteiger partial charge is 0.496 e.